The van der Waals surface area contributed by atoms with Crippen LogP contribution in [0, 0.1) is 17.2 Å². The Bertz CT molecular complexity index is 776. The number of ether oxygens (including phenoxy) is 3. The maximum Gasteiger partial charge on any atom is 0.123 e. The van der Waals surface area contributed by atoms with Crippen molar-refractivity contribution in [3.8, 4) is 11.8 Å². The standard InChI is InChI=1S/C22H30N2O4/c1-21(2,3)28-14-24-18(13-27-22(24,4)5)12-26-19-8-16-6-15(11-25)7-20(16)17(9-19)10-23/h8-9,11,15,18H,6-7,12-14H2,1-5H3/t15?,18-/m0/s1. The largest absolute Gasteiger partial charge is 0.492 e. The SMILES string of the molecule is CC(C)(C)OCN1[C@@H](COc2cc(C#N)c3c(c2)CC(C=O)C3)COC1(C)C. The molecule has 152 valence electrons. The van der Waals surface area contributed by atoms with Gasteiger partial charge in [-0.05, 0) is 70.7 Å². The summed E-state index contributed by atoms with van der Waals surface area (Å²) in [7, 11) is 0. The summed E-state index contributed by atoms with van der Waals surface area (Å²) in [5, 5.41) is 9.48. The molecular formula is C22H30N2O4. The molecule has 1 saturated heterocycles. The van der Waals surface area contributed by atoms with Gasteiger partial charge in [0.2, 0.25) is 0 Å². The highest BCUT2D eigenvalue weighted by Crippen LogP contribution is 2.33. The Morgan fingerprint density at radius 1 is 1.36 bits per heavy atom. The number of carbonyl (C=O) groups excluding carboxylic acids is 1. The number of nitrogens with zero attached hydrogens (tertiary/aromatic N) is 2. The molecule has 3 rings (SSSR count). The number of carbonyl (C=O) groups is 1. The van der Waals surface area contributed by atoms with Crippen LogP contribution in [-0.4, -0.2) is 48.5 Å². The zero-order valence-corrected chi connectivity index (χ0v) is 17.4. The molecule has 1 aliphatic heterocycles. The summed E-state index contributed by atoms with van der Waals surface area (Å²) in [5.41, 5.74) is 1.97. The van der Waals surface area contributed by atoms with E-state index in [9.17, 15) is 10.1 Å². The maximum absolute atomic E-state index is 11.1. The van der Waals surface area contributed by atoms with E-state index in [1.54, 1.807) is 6.07 Å². The monoisotopic (exact) mass is 386 g/mol. The highest BCUT2D eigenvalue weighted by molar-refractivity contribution is 5.61. The predicted molar refractivity (Wildman–Crippen MR) is 105 cm³/mol. The Morgan fingerprint density at radius 3 is 2.75 bits per heavy atom. The van der Waals surface area contributed by atoms with Crippen LogP contribution in [0.2, 0.25) is 0 Å². The lowest BCUT2D eigenvalue weighted by Crippen LogP contribution is -2.48. The van der Waals surface area contributed by atoms with Gasteiger partial charge in [-0.15, -0.1) is 0 Å². The van der Waals surface area contributed by atoms with E-state index in [4.69, 9.17) is 14.2 Å². The second-order valence-corrected chi connectivity index (χ2v) is 9.10. The quantitative estimate of drug-likeness (QED) is 0.700. The van der Waals surface area contributed by atoms with Crippen molar-refractivity contribution < 1.29 is 19.0 Å². The summed E-state index contributed by atoms with van der Waals surface area (Å²) in [4.78, 5) is 13.3. The lowest BCUT2D eigenvalue weighted by atomic mass is 10.0. The highest BCUT2D eigenvalue weighted by atomic mass is 16.6. The average molecular weight is 386 g/mol. The average Bonchev–Trinajstić information content (AvgIpc) is 3.16. The molecule has 0 N–H and O–H groups in total. The van der Waals surface area contributed by atoms with E-state index in [0.29, 0.717) is 44.1 Å². The summed E-state index contributed by atoms with van der Waals surface area (Å²) in [6.07, 6.45) is 2.30. The highest BCUT2D eigenvalue weighted by Gasteiger charge is 2.41. The van der Waals surface area contributed by atoms with Crippen LogP contribution in [0.1, 0.15) is 51.3 Å². The van der Waals surface area contributed by atoms with Crippen LogP contribution in [0.15, 0.2) is 12.1 Å². The van der Waals surface area contributed by atoms with E-state index in [1.807, 2.05) is 40.7 Å². The molecule has 1 heterocycles. The van der Waals surface area contributed by atoms with Gasteiger partial charge >= 0.3 is 0 Å². The number of rotatable bonds is 6. The van der Waals surface area contributed by atoms with Gasteiger partial charge in [0.15, 0.2) is 0 Å². The second-order valence-electron chi connectivity index (χ2n) is 9.10. The first-order chi connectivity index (χ1) is 13.1. The molecule has 0 spiro atoms. The van der Waals surface area contributed by atoms with Gasteiger partial charge in [-0.3, -0.25) is 0 Å². The van der Waals surface area contributed by atoms with Gasteiger partial charge in [-0.25, -0.2) is 4.90 Å². The van der Waals surface area contributed by atoms with Crippen molar-refractivity contribution in [1.29, 1.82) is 5.26 Å². The molecule has 1 aromatic rings. The van der Waals surface area contributed by atoms with E-state index in [1.165, 1.54) is 0 Å². The molecule has 0 radical (unpaired) electrons. The van der Waals surface area contributed by atoms with Crippen LogP contribution >= 0.6 is 0 Å². The molecule has 0 amide bonds. The molecule has 2 atom stereocenters. The van der Waals surface area contributed by atoms with Crippen molar-refractivity contribution in [3.63, 3.8) is 0 Å². The van der Waals surface area contributed by atoms with Gasteiger partial charge in [-0.1, -0.05) is 0 Å². The fraction of sp³-hybridized carbons (Fsp3) is 0.636. The Morgan fingerprint density at radius 2 is 2.11 bits per heavy atom. The van der Waals surface area contributed by atoms with Crippen LogP contribution in [0.5, 0.6) is 5.75 Å². The van der Waals surface area contributed by atoms with Crippen LogP contribution in [0.3, 0.4) is 0 Å². The van der Waals surface area contributed by atoms with Crippen molar-refractivity contribution in [1.82, 2.24) is 4.90 Å². The number of benzene rings is 1. The maximum atomic E-state index is 11.1. The Kier molecular flexibility index (Phi) is 5.81. The van der Waals surface area contributed by atoms with Crippen LogP contribution in [0.4, 0.5) is 0 Å². The smallest absolute Gasteiger partial charge is 0.123 e. The number of aldehydes is 1. The molecule has 1 unspecified atom stereocenters. The normalized spacial score (nSPS) is 24.0. The van der Waals surface area contributed by atoms with Gasteiger partial charge in [-0.2, -0.15) is 5.26 Å². The molecule has 0 aromatic heterocycles. The minimum absolute atomic E-state index is 0.0357. The number of nitriles is 1. The van der Waals surface area contributed by atoms with E-state index < -0.39 is 5.72 Å². The van der Waals surface area contributed by atoms with Crippen LogP contribution in [-0.2, 0) is 27.1 Å². The molecule has 6 nitrogen and oxygen atoms in total. The molecular weight excluding hydrogens is 356 g/mol. The third-order valence-corrected chi connectivity index (χ3v) is 5.42. The lowest BCUT2D eigenvalue weighted by Gasteiger charge is -2.35. The molecule has 28 heavy (non-hydrogen) atoms. The fourth-order valence-corrected chi connectivity index (χ4v) is 3.79. The van der Waals surface area contributed by atoms with Crippen LogP contribution < -0.4 is 4.74 Å². The zero-order chi connectivity index (χ0) is 20.5. The summed E-state index contributed by atoms with van der Waals surface area (Å²) in [6, 6.07) is 6.05. The van der Waals surface area contributed by atoms with Crippen molar-refractivity contribution in [3.05, 3.63) is 28.8 Å². The Hall–Kier alpha value is -1.94. The van der Waals surface area contributed by atoms with Gasteiger partial charge in [0.05, 0.1) is 29.9 Å². The summed E-state index contributed by atoms with van der Waals surface area (Å²) in [6.45, 7) is 11.6. The number of hydrogen-bond donors (Lipinski definition) is 0. The van der Waals surface area contributed by atoms with Gasteiger partial charge in [0.25, 0.3) is 0 Å². The third kappa shape index (κ3) is 4.54. The minimum Gasteiger partial charge on any atom is -0.492 e. The van der Waals surface area contributed by atoms with E-state index >= 15 is 0 Å². The van der Waals surface area contributed by atoms with Crippen molar-refractivity contribution in [2.75, 3.05) is 19.9 Å². The Labute approximate surface area is 167 Å². The number of fused-ring (bicyclic) bond motifs is 1. The fourth-order valence-electron chi connectivity index (χ4n) is 3.79. The van der Waals surface area contributed by atoms with E-state index in [2.05, 4.69) is 11.0 Å². The first-order valence-corrected chi connectivity index (χ1v) is 9.81. The van der Waals surface area contributed by atoms with Crippen molar-refractivity contribution in [2.45, 2.75) is 64.8 Å². The van der Waals surface area contributed by atoms with E-state index in [0.717, 1.165) is 17.4 Å². The summed E-state index contributed by atoms with van der Waals surface area (Å²) >= 11 is 0. The van der Waals surface area contributed by atoms with Gasteiger partial charge in [0, 0.05) is 5.92 Å². The molecule has 2 aliphatic rings. The molecule has 0 bridgehead atoms. The van der Waals surface area contributed by atoms with Gasteiger partial charge < -0.3 is 19.0 Å². The van der Waals surface area contributed by atoms with Crippen molar-refractivity contribution in [2.24, 2.45) is 5.92 Å². The second kappa shape index (κ2) is 7.82. The van der Waals surface area contributed by atoms with E-state index in [-0.39, 0.29) is 17.6 Å². The van der Waals surface area contributed by atoms with Gasteiger partial charge in [0.1, 0.15) is 31.1 Å². The first kappa shape index (κ1) is 20.8. The third-order valence-electron chi connectivity index (χ3n) is 5.42. The zero-order valence-electron chi connectivity index (χ0n) is 17.4. The lowest BCUT2D eigenvalue weighted by molar-refractivity contribution is -0.137. The topological polar surface area (TPSA) is 71.8 Å². The molecule has 0 saturated carbocycles. The Balaban J connectivity index is 1.70. The molecule has 1 aromatic carbocycles. The summed E-state index contributed by atoms with van der Waals surface area (Å²) in [5.74, 6) is 0.634. The molecule has 1 aliphatic carbocycles. The minimum atomic E-state index is -0.424. The predicted octanol–water partition coefficient (Wildman–Crippen LogP) is 3.06. The summed E-state index contributed by atoms with van der Waals surface area (Å²) < 4.78 is 18.0. The number of hydrogen-bond acceptors (Lipinski definition) is 6. The first-order valence-electron chi connectivity index (χ1n) is 9.81. The van der Waals surface area contributed by atoms with Crippen molar-refractivity contribution >= 4 is 6.29 Å². The molecule has 1 fully saturated rings. The molecule has 6 heteroatoms. The van der Waals surface area contributed by atoms with Crippen LogP contribution in [0.25, 0.3) is 0 Å².